The number of carbonyl (C=O) groups is 1. The lowest BCUT2D eigenvalue weighted by atomic mass is 10.1. The SMILES string of the molecule is CCC(C)C(=O)OC/C=C/c1ccccc1. The molecule has 0 radical (unpaired) electrons. The lowest BCUT2D eigenvalue weighted by Gasteiger charge is -2.06. The fourth-order valence-corrected chi connectivity index (χ4v) is 1.19. The highest BCUT2D eigenvalue weighted by Gasteiger charge is 2.10. The van der Waals surface area contributed by atoms with Crippen LogP contribution >= 0.6 is 0 Å². The van der Waals surface area contributed by atoms with Crippen molar-refractivity contribution < 1.29 is 9.53 Å². The molecule has 0 saturated carbocycles. The second-order valence-corrected chi connectivity index (χ2v) is 3.75. The van der Waals surface area contributed by atoms with Gasteiger partial charge in [-0.05, 0) is 18.1 Å². The van der Waals surface area contributed by atoms with Crippen LogP contribution in [0.4, 0.5) is 0 Å². The lowest BCUT2D eigenvalue weighted by molar-refractivity contribution is -0.146. The Morgan fingerprint density at radius 3 is 2.69 bits per heavy atom. The molecule has 1 unspecified atom stereocenters. The van der Waals surface area contributed by atoms with Gasteiger partial charge < -0.3 is 4.74 Å². The Morgan fingerprint density at radius 1 is 1.38 bits per heavy atom. The van der Waals surface area contributed by atoms with Gasteiger partial charge >= 0.3 is 5.97 Å². The Labute approximate surface area is 96.9 Å². The first kappa shape index (κ1) is 12.5. The average Bonchev–Trinajstić information content (AvgIpc) is 2.34. The van der Waals surface area contributed by atoms with Gasteiger partial charge in [0.25, 0.3) is 0 Å². The molecular weight excluding hydrogens is 200 g/mol. The summed E-state index contributed by atoms with van der Waals surface area (Å²) in [6, 6.07) is 9.94. The molecule has 0 saturated heterocycles. The maximum absolute atomic E-state index is 11.3. The summed E-state index contributed by atoms with van der Waals surface area (Å²) in [7, 11) is 0. The molecule has 1 atom stereocenters. The molecule has 1 aromatic carbocycles. The highest BCUT2D eigenvalue weighted by atomic mass is 16.5. The van der Waals surface area contributed by atoms with E-state index in [0.29, 0.717) is 6.61 Å². The van der Waals surface area contributed by atoms with Crippen molar-refractivity contribution in [1.82, 2.24) is 0 Å². The molecule has 0 N–H and O–H groups in total. The van der Waals surface area contributed by atoms with E-state index in [1.54, 1.807) is 0 Å². The summed E-state index contributed by atoms with van der Waals surface area (Å²) in [5, 5.41) is 0. The predicted molar refractivity (Wildman–Crippen MR) is 65.9 cm³/mol. The van der Waals surface area contributed by atoms with Gasteiger partial charge in [-0.3, -0.25) is 4.79 Å². The van der Waals surface area contributed by atoms with E-state index in [1.165, 1.54) is 0 Å². The molecule has 0 amide bonds. The van der Waals surface area contributed by atoms with Crippen molar-refractivity contribution in [2.45, 2.75) is 20.3 Å². The number of carbonyl (C=O) groups excluding carboxylic acids is 1. The number of esters is 1. The minimum absolute atomic E-state index is 0.00914. The molecule has 1 rings (SSSR count). The minimum Gasteiger partial charge on any atom is -0.461 e. The molecule has 2 heteroatoms. The van der Waals surface area contributed by atoms with Gasteiger partial charge in [0.2, 0.25) is 0 Å². The third-order valence-electron chi connectivity index (χ3n) is 2.45. The van der Waals surface area contributed by atoms with Crippen LogP contribution in [0.1, 0.15) is 25.8 Å². The smallest absolute Gasteiger partial charge is 0.308 e. The largest absolute Gasteiger partial charge is 0.461 e. The van der Waals surface area contributed by atoms with E-state index in [0.717, 1.165) is 12.0 Å². The van der Waals surface area contributed by atoms with Crippen molar-refractivity contribution >= 4 is 12.0 Å². The Hall–Kier alpha value is -1.57. The summed E-state index contributed by atoms with van der Waals surface area (Å²) >= 11 is 0. The fraction of sp³-hybridized carbons (Fsp3) is 0.357. The van der Waals surface area contributed by atoms with Crippen LogP contribution in [-0.2, 0) is 9.53 Å². The van der Waals surface area contributed by atoms with E-state index in [9.17, 15) is 4.79 Å². The number of hydrogen-bond acceptors (Lipinski definition) is 2. The van der Waals surface area contributed by atoms with Crippen LogP contribution in [0.25, 0.3) is 6.08 Å². The van der Waals surface area contributed by atoms with Crippen LogP contribution in [0.3, 0.4) is 0 Å². The second kappa shape index (κ2) is 6.83. The van der Waals surface area contributed by atoms with Crippen LogP contribution in [0.2, 0.25) is 0 Å². The lowest BCUT2D eigenvalue weighted by Crippen LogP contribution is -2.13. The van der Waals surface area contributed by atoms with Gasteiger partial charge in [-0.15, -0.1) is 0 Å². The van der Waals surface area contributed by atoms with Crippen molar-refractivity contribution in [2.24, 2.45) is 5.92 Å². The molecule has 0 aromatic heterocycles. The number of ether oxygens (including phenoxy) is 1. The average molecular weight is 218 g/mol. The molecule has 0 aliphatic carbocycles. The first-order valence-electron chi connectivity index (χ1n) is 5.62. The third kappa shape index (κ3) is 4.30. The highest BCUT2D eigenvalue weighted by molar-refractivity contribution is 5.72. The van der Waals surface area contributed by atoms with Crippen molar-refractivity contribution in [3.05, 3.63) is 42.0 Å². The highest BCUT2D eigenvalue weighted by Crippen LogP contribution is 2.04. The topological polar surface area (TPSA) is 26.3 Å². The molecule has 1 aromatic rings. The van der Waals surface area contributed by atoms with E-state index in [2.05, 4.69) is 0 Å². The van der Waals surface area contributed by atoms with Gasteiger partial charge in [0, 0.05) is 0 Å². The molecule has 0 aliphatic heterocycles. The molecule has 0 spiro atoms. The number of hydrogen-bond donors (Lipinski definition) is 0. The maximum Gasteiger partial charge on any atom is 0.308 e. The molecular formula is C14H18O2. The Morgan fingerprint density at radius 2 is 2.06 bits per heavy atom. The molecule has 0 heterocycles. The zero-order valence-electron chi connectivity index (χ0n) is 9.85. The normalized spacial score (nSPS) is 12.6. The summed E-state index contributed by atoms with van der Waals surface area (Å²) in [6.07, 6.45) is 4.63. The van der Waals surface area contributed by atoms with Crippen LogP contribution in [0.15, 0.2) is 36.4 Å². The van der Waals surface area contributed by atoms with Crippen LogP contribution in [-0.4, -0.2) is 12.6 Å². The van der Waals surface area contributed by atoms with Crippen molar-refractivity contribution in [3.8, 4) is 0 Å². The van der Waals surface area contributed by atoms with Crippen LogP contribution in [0.5, 0.6) is 0 Å². The first-order chi connectivity index (χ1) is 7.74. The Kier molecular flexibility index (Phi) is 5.34. The molecule has 86 valence electrons. The number of rotatable bonds is 5. The summed E-state index contributed by atoms with van der Waals surface area (Å²) < 4.78 is 5.09. The van der Waals surface area contributed by atoms with Gasteiger partial charge in [0.05, 0.1) is 5.92 Å². The van der Waals surface area contributed by atoms with Gasteiger partial charge in [-0.25, -0.2) is 0 Å². The molecule has 0 bridgehead atoms. The van der Waals surface area contributed by atoms with E-state index < -0.39 is 0 Å². The van der Waals surface area contributed by atoms with Gasteiger partial charge in [0.15, 0.2) is 0 Å². The van der Waals surface area contributed by atoms with Gasteiger partial charge in [0.1, 0.15) is 6.61 Å². The summed E-state index contributed by atoms with van der Waals surface area (Å²) in [5.74, 6) is -0.134. The Bertz CT molecular complexity index is 341. The maximum atomic E-state index is 11.3. The van der Waals surface area contributed by atoms with Gasteiger partial charge in [-0.1, -0.05) is 50.3 Å². The second-order valence-electron chi connectivity index (χ2n) is 3.75. The summed E-state index contributed by atoms with van der Waals surface area (Å²) in [6.45, 7) is 4.20. The number of benzene rings is 1. The predicted octanol–water partition coefficient (Wildman–Crippen LogP) is 3.29. The zero-order valence-corrected chi connectivity index (χ0v) is 9.85. The Balaban J connectivity index is 2.31. The monoisotopic (exact) mass is 218 g/mol. The first-order valence-corrected chi connectivity index (χ1v) is 5.62. The summed E-state index contributed by atoms with van der Waals surface area (Å²) in [5.41, 5.74) is 1.11. The third-order valence-corrected chi connectivity index (χ3v) is 2.45. The molecule has 0 fully saturated rings. The van der Waals surface area contributed by atoms with Crippen LogP contribution in [0, 0.1) is 5.92 Å². The van der Waals surface area contributed by atoms with Crippen LogP contribution < -0.4 is 0 Å². The molecule has 2 nitrogen and oxygen atoms in total. The zero-order chi connectivity index (χ0) is 11.8. The summed E-state index contributed by atoms with van der Waals surface area (Å²) in [4.78, 5) is 11.3. The quantitative estimate of drug-likeness (QED) is 0.709. The van der Waals surface area contributed by atoms with Gasteiger partial charge in [-0.2, -0.15) is 0 Å². The van der Waals surface area contributed by atoms with Crippen molar-refractivity contribution in [3.63, 3.8) is 0 Å². The van der Waals surface area contributed by atoms with E-state index >= 15 is 0 Å². The fourth-order valence-electron chi connectivity index (χ4n) is 1.19. The van der Waals surface area contributed by atoms with Crippen molar-refractivity contribution in [2.75, 3.05) is 6.61 Å². The van der Waals surface area contributed by atoms with E-state index in [4.69, 9.17) is 4.74 Å². The standard InChI is InChI=1S/C14H18O2/c1-3-12(2)14(15)16-11-7-10-13-8-5-4-6-9-13/h4-10,12H,3,11H2,1-2H3/b10-7+. The van der Waals surface area contributed by atoms with E-state index in [-0.39, 0.29) is 11.9 Å². The molecule has 16 heavy (non-hydrogen) atoms. The van der Waals surface area contributed by atoms with Crippen molar-refractivity contribution in [1.29, 1.82) is 0 Å². The molecule has 0 aliphatic rings. The van der Waals surface area contributed by atoms with E-state index in [1.807, 2.05) is 56.3 Å². The minimum atomic E-state index is -0.125.